The summed E-state index contributed by atoms with van der Waals surface area (Å²) in [5.74, 6) is 0.671. The first-order valence-corrected chi connectivity index (χ1v) is 18.7. The second-order valence-corrected chi connectivity index (χ2v) is 14.0. The first kappa shape index (κ1) is 31.9. The van der Waals surface area contributed by atoms with Crippen LogP contribution in [0.4, 0.5) is 0 Å². The number of furan rings is 2. The Kier molecular flexibility index (Phi) is 7.42. The number of pyridine rings is 1. The van der Waals surface area contributed by atoms with E-state index in [9.17, 15) is 0 Å². The summed E-state index contributed by atoms with van der Waals surface area (Å²) in [4.78, 5) is 14.6. The van der Waals surface area contributed by atoms with Crippen LogP contribution in [0.15, 0.2) is 197 Å². The van der Waals surface area contributed by atoms with Gasteiger partial charge in [0, 0.05) is 61.8 Å². The van der Waals surface area contributed by atoms with Gasteiger partial charge in [0.25, 0.3) is 0 Å². The molecule has 0 fully saturated rings. The number of para-hydroxylation sites is 2. The number of aromatic nitrogens is 3. The molecule has 11 aromatic rings. The van der Waals surface area contributed by atoms with Crippen molar-refractivity contribution in [1.82, 2.24) is 15.0 Å². The number of benzene rings is 7. The summed E-state index contributed by atoms with van der Waals surface area (Å²) in [6, 6.07) is 60.6. The molecule has 0 aliphatic heterocycles. The first-order chi connectivity index (χ1) is 27.7. The highest BCUT2D eigenvalue weighted by atomic mass is 16.3. The minimum Gasteiger partial charge on any atom is -0.456 e. The summed E-state index contributed by atoms with van der Waals surface area (Å²) in [7, 11) is 0. The molecule has 4 heterocycles. The Labute approximate surface area is 322 Å². The number of nitrogens with zero attached hydrogens (tertiary/aromatic N) is 3. The Morgan fingerprint density at radius 1 is 0.357 bits per heavy atom. The van der Waals surface area contributed by atoms with Gasteiger partial charge in [-0.3, -0.25) is 4.98 Å². The van der Waals surface area contributed by atoms with Crippen LogP contribution >= 0.6 is 0 Å². The Morgan fingerprint density at radius 3 is 1.82 bits per heavy atom. The van der Waals surface area contributed by atoms with Gasteiger partial charge in [-0.05, 0) is 64.7 Å². The molecule has 0 aliphatic carbocycles. The molecule has 0 spiro atoms. The lowest BCUT2D eigenvalue weighted by atomic mass is 9.93. The number of fused-ring (bicyclic) bond motifs is 6. The lowest BCUT2D eigenvalue weighted by molar-refractivity contribution is 0.669. The molecule has 4 aromatic heterocycles. The number of hydrogen-bond donors (Lipinski definition) is 0. The van der Waals surface area contributed by atoms with Gasteiger partial charge in [0.15, 0.2) is 5.82 Å². The van der Waals surface area contributed by atoms with Gasteiger partial charge in [-0.2, -0.15) is 0 Å². The maximum absolute atomic E-state index is 6.69. The van der Waals surface area contributed by atoms with E-state index in [2.05, 4.69) is 132 Å². The van der Waals surface area contributed by atoms with Crippen molar-refractivity contribution in [3.05, 3.63) is 188 Å². The van der Waals surface area contributed by atoms with E-state index in [1.165, 1.54) is 0 Å². The van der Waals surface area contributed by atoms with E-state index >= 15 is 0 Å². The van der Waals surface area contributed by atoms with Gasteiger partial charge in [-0.1, -0.05) is 133 Å². The Balaban J connectivity index is 1.03. The summed E-state index contributed by atoms with van der Waals surface area (Å²) in [5, 5.41) is 4.39. The topological polar surface area (TPSA) is 65.0 Å². The Bertz CT molecular complexity index is 3240. The van der Waals surface area contributed by atoms with Crippen LogP contribution in [-0.2, 0) is 0 Å². The van der Waals surface area contributed by atoms with Crippen molar-refractivity contribution < 1.29 is 8.83 Å². The van der Waals surface area contributed by atoms with Gasteiger partial charge in [0.05, 0.1) is 11.4 Å². The van der Waals surface area contributed by atoms with Crippen LogP contribution in [0.1, 0.15) is 0 Å². The lowest BCUT2D eigenvalue weighted by Gasteiger charge is -2.13. The second kappa shape index (κ2) is 13.0. The van der Waals surface area contributed by atoms with Crippen molar-refractivity contribution in [2.24, 2.45) is 0 Å². The van der Waals surface area contributed by atoms with E-state index in [-0.39, 0.29) is 0 Å². The summed E-state index contributed by atoms with van der Waals surface area (Å²) in [6.07, 6.45) is 3.69. The highest BCUT2D eigenvalue weighted by Gasteiger charge is 2.19. The molecule has 5 nitrogen and oxygen atoms in total. The highest BCUT2D eigenvalue weighted by Crippen LogP contribution is 2.43. The molecular weight excluding hydrogens is 687 g/mol. The third kappa shape index (κ3) is 5.37. The zero-order valence-corrected chi connectivity index (χ0v) is 30.1. The monoisotopic (exact) mass is 717 g/mol. The van der Waals surface area contributed by atoms with Crippen LogP contribution in [0.3, 0.4) is 0 Å². The third-order valence-corrected chi connectivity index (χ3v) is 10.6. The molecule has 5 heteroatoms. The van der Waals surface area contributed by atoms with Gasteiger partial charge in [-0.15, -0.1) is 0 Å². The largest absolute Gasteiger partial charge is 0.456 e. The molecule has 0 saturated heterocycles. The van der Waals surface area contributed by atoms with Crippen molar-refractivity contribution >= 4 is 43.9 Å². The average Bonchev–Trinajstić information content (AvgIpc) is 3.85. The van der Waals surface area contributed by atoms with Gasteiger partial charge in [0.2, 0.25) is 0 Å². The fraction of sp³-hybridized carbons (Fsp3) is 0. The summed E-state index contributed by atoms with van der Waals surface area (Å²) < 4.78 is 12.8. The molecule has 56 heavy (non-hydrogen) atoms. The standard InChI is InChI=1S/C51H31N3O2/c1-2-11-34(12-3-1)51-53-44(30-45(54-51)40-15-5-4-14-37(40)36-13-10-28-52-31-36)33-22-20-32(21-23-33)39-26-25-38(49-42-17-7-9-19-47(42)56-50(39)49)35-24-27-48-43(29-35)41-16-6-8-18-46(41)55-48/h1-31H. The number of hydrogen-bond acceptors (Lipinski definition) is 5. The molecule has 0 amide bonds. The molecule has 262 valence electrons. The van der Waals surface area contributed by atoms with Crippen LogP contribution in [-0.4, -0.2) is 15.0 Å². The molecule has 0 saturated carbocycles. The van der Waals surface area contributed by atoms with E-state index in [0.29, 0.717) is 5.82 Å². The molecular formula is C51H31N3O2. The maximum Gasteiger partial charge on any atom is 0.160 e. The van der Waals surface area contributed by atoms with E-state index < -0.39 is 0 Å². The van der Waals surface area contributed by atoms with E-state index in [0.717, 1.165) is 105 Å². The minimum atomic E-state index is 0.671. The quantitative estimate of drug-likeness (QED) is 0.171. The van der Waals surface area contributed by atoms with Crippen molar-refractivity contribution in [3.8, 4) is 67.3 Å². The smallest absolute Gasteiger partial charge is 0.160 e. The minimum absolute atomic E-state index is 0.671. The van der Waals surface area contributed by atoms with Gasteiger partial charge >= 0.3 is 0 Å². The molecule has 0 aliphatic rings. The summed E-state index contributed by atoms with van der Waals surface area (Å²) >= 11 is 0. The van der Waals surface area contributed by atoms with Crippen molar-refractivity contribution in [3.63, 3.8) is 0 Å². The molecule has 7 aromatic carbocycles. The summed E-state index contributed by atoms with van der Waals surface area (Å²) in [6.45, 7) is 0. The average molecular weight is 718 g/mol. The van der Waals surface area contributed by atoms with Crippen LogP contribution in [0.2, 0.25) is 0 Å². The van der Waals surface area contributed by atoms with Gasteiger partial charge in [-0.25, -0.2) is 9.97 Å². The van der Waals surface area contributed by atoms with Crippen molar-refractivity contribution in [2.75, 3.05) is 0 Å². The molecule has 11 rings (SSSR count). The zero-order valence-electron chi connectivity index (χ0n) is 30.1. The predicted molar refractivity (Wildman–Crippen MR) is 227 cm³/mol. The highest BCUT2D eigenvalue weighted by molar-refractivity contribution is 6.17. The van der Waals surface area contributed by atoms with E-state index in [4.69, 9.17) is 18.8 Å². The molecule has 0 radical (unpaired) electrons. The first-order valence-electron chi connectivity index (χ1n) is 18.7. The van der Waals surface area contributed by atoms with Gasteiger partial charge < -0.3 is 8.83 Å². The SMILES string of the molecule is c1ccc(-c2nc(-c3ccc(-c4ccc(-c5ccc6oc7ccccc7c6c5)c5c4oc4ccccc45)cc3)cc(-c3ccccc3-c3cccnc3)n2)cc1. The second-order valence-electron chi connectivity index (χ2n) is 14.0. The Hall–Kier alpha value is -7.63. The normalized spacial score (nSPS) is 11.6. The molecule has 0 N–H and O–H groups in total. The zero-order chi connectivity index (χ0) is 37.0. The van der Waals surface area contributed by atoms with Crippen molar-refractivity contribution in [2.45, 2.75) is 0 Å². The molecule has 0 unspecified atom stereocenters. The van der Waals surface area contributed by atoms with E-state index in [1.54, 1.807) is 6.20 Å². The number of rotatable bonds is 6. The van der Waals surface area contributed by atoms with Crippen LogP contribution in [0.5, 0.6) is 0 Å². The lowest BCUT2D eigenvalue weighted by Crippen LogP contribution is -1.97. The third-order valence-electron chi connectivity index (χ3n) is 10.6. The fourth-order valence-electron chi connectivity index (χ4n) is 7.94. The predicted octanol–water partition coefficient (Wildman–Crippen LogP) is 13.7. The van der Waals surface area contributed by atoms with Crippen molar-refractivity contribution in [1.29, 1.82) is 0 Å². The van der Waals surface area contributed by atoms with Crippen LogP contribution in [0.25, 0.3) is 111 Å². The molecule has 0 bridgehead atoms. The Morgan fingerprint density at radius 2 is 1.00 bits per heavy atom. The van der Waals surface area contributed by atoms with Crippen LogP contribution < -0.4 is 0 Å². The van der Waals surface area contributed by atoms with Gasteiger partial charge in [0.1, 0.15) is 22.3 Å². The summed E-state index contributed by atoms with van der Waals surface area (Å²) in [5.41, 5.74) is 14.6. The van der Waals surface area contributed by atoms with E-state index in [1.807, 2.05) is 54.7 Å². The maximum atomic E-state index is 6.69. The van der Waals surface area contributed by atoms with Crippen LogP contribution in [0, 0.1) is 0 Å². The molecule has 0 atom stereocenters. The fourth-order valence-corrected chi connectivity index (χ4v) is 7.94.